The number of rotatable bonds is 5. The smallest absolute Gasteiger partial charge is 0.277 e. The van der Waals surface area contributed by atoms with Crippen LogP contribution in [-0.2, 0) is 11.8 Å². The number of hydrazone groups is 1. The Bertz CT molecular complexity index is 941. The highest BCUT2D eigenvalue weighted by Gasteiger charge is 2.05. The molecule has 0 aliphatic carbocycles. The maximum absolute atomic E-state index is 11.9. The molecule has 1 aromatic heterocycles. The Labute approximate surface area is 146 Å². The summed E-state index contributed by atoms with van der Waals surface area (Å²) in [6, 6.07) is 13.9. The Balaban J connectivity index is 1.59. The Kier molecular flexibility index (Phi) is 4.84. The van der Waals surface area contributed by atoms with Crippen molar-refractivity contribution in [2.75, 3.05) is 6.61 Å². The monoisotopic (exact) mass is 335 g/mol. The molecule has 128 valence electrons. The fourth-order valence-corrected chi connectivity index (χ4v) is 2.79. The lowest BCUT2D eigenvalue weighted by atomic mass is 10.1. The number of aryl methyl sites for hydroxylation is 3. The van der Waals surface area contributed by atoms with Gasteiger partial charge in [-0.1, -0.05) is 35.9 Å². The SMILES string of the molecule is Cc1ccc(OCC(=O)N/N=C/c2cn(C)c3ccccc23)c(C)c1. The molecule has 0 saturated carbocycles. The van der Waals surface area contributed by atoms with Crippen LogP contribution in [0.3, 0.4) is 0 Å². The van der Waals surface area contributed by atoms with Crippen LogP contribution < -0.4 is 10.2 Å². The number of hydrogen-bond donors (Lipinski definition) is 1. The molecule has 0 fully saturated rings. The van der Waals surface area contributed by atoms with Gasteiger partial charge in [0.15, 0.2) is 6.61 Å². The van der Waals surface area contributed by atoms with Crippen LogP contribution in [0.5, 0.6) is 5.75 Å². The van der Waals surface area contributed by atoms with E-state index in [0.29, 0.717) is 5.75 Å². The van der Waals surface area contributed by atoms with Crippen molar-refractivity contribution in [3.63, 3.8) is 0 Å². The van der Waals surface area contributed by atoms with Crippen molar-refractivity contribution >= 4 is 23.0 Å². The third-order valence-electron chi connectivity index (χ3n) is 4.01. The molecule has 0 aliphatic rings. The van der Waals surface area contributed by atoms with Gasteiger partial charge in [0.05, 0.1) is 6.21 Å². The molecular formula is C20H21N3O2. The van der Waals surface area contributed by atoms with E-state index in [-0.39, 0.29) is 12.5 Å². The van der Waals surface area contributed by atoms with E-state index in [4.69, 9.17) is 4.74 Å². The number of benzene rings is 2. The molecule has 1 heterocycles. The largest absolute Gasteiger partial charge is 0.483 e. The molecule has 0 bridgehead atoms. The lowest BCUT2D eigenvalue weighted by molar-refractivity contribution is -0.123. The van der Waals surface area contributed by atoms with Crippen molar-refractivity contribution in [3.8, 4) is 5.75 Å². The zero-order chi connectivity index (χ0) is 17.8. The van der Waals surface area contributed by atoms with E-state index in [1.165, 1.54) is 0 Å². The first-order valence-corrected chi connectivity index (χ1v) is 8.10. The summed E-state index contributed by atoms with van der Waals surface area (Å²) in [5.74, 6) is 0.412. The lowest BCUT2D eigenvalue weighted by Gasteiger charge is -2.08. The first kappa shape index (κ1) is 16.8. The molecule has 0 saturated heterocycles. The molecule has 5 nitrogen and oxygen atoms in total. The highest BCUT2D eigenvalue weighted by atomic mass is 16.5. The number of para-hydroxylation sites is 1. The molecule has 0 atom stereocenters. The van der Waals surface area contributed by atoms with Crippen LogP contribution >= 0.6 is 0 Å². The Hall–Kier alpha value is -3.08. The number of ether oxygens (including phenoxy) is 1. The summed E-state index contributed by atoms with van der Waals surface area (Å²) in [5.41, 5.74) is 6.74. The molecule has 3 aromatic rings. The van der Waals surface area contributed by atoms with E-state index in [1.807, 2.05) is 74.1 Å². The summed E-state index contributed by atoms with van der Waals surface area (Å²) in [6.07, 6.45) is 3.63. The number of nitrogens with one attached hydrogen (secondary N) is 1. The summed E-state index contributed by atoms with van der Waals surface area (Å²) in [5, 5.41) is 5.13. The van der Waals surface area contributed by atoms with Crippen LogP contribution in [0.1, 0.15) is 16.7 Å². The predicted molar refractivity (Wildman–Crippen MR) is 100 cm³/mol. The maximum atomic E-state index is 11.9. The van der Waals surface area contributed by atoms with Crippen LogP contribution in [0.25, 0.3) is 10.9 Å². The average Bonchev–Trinajstić information content (AvgIpc) is 2.91. The molecule has 5 heteroatoms. The van der Waals surface area contributed by atoms with E-state index in [2.05, 4.69) is 10.5 Å². The van der Waals surface area contributed by atoms with Crippen LogP contribution in [0.2, 0.25) is 0 Å². The lowest BCUT2D eigenvalue weighted by Crippen LogP contribution is -2.24. The van der Waals surface area contributed by atoms with Gasteiger partial charge in [-0.2, -0.15) is 5.10 Å². The van der Waals surface area contributed by atoms with Crippen molar-refractivity contribution in [2.24, 2.45) is 12.1 Å². The molecule has 0 aliphatic heterocycles. The van der Waals surface area contributed by atoms with Crippen LogP contribution in [0.4, 0.5) is 0 Å². The zero-order valence-electron chi connectivity index (χ0n) is 14.6. The summed E-state index contributed by atoms with van der Waals surface area (Å²) in [7, 11) is 1.98. The minimum Gasteiger partial charge on any atom is -0.483 e. The molecule has 0 spiro atoms. The summed E-state index contributed by atoms with van der Waals surface area (Å²) >= 11 is 0. The maximum Gasteiger partial charge on any atom is 0.277 e. The van der Waals surface area contributed by atoms with Gasteiger partial charge in [0.1, 0.15) is 5.75 Å². The summed E-state index contributed by atoms with van der Waals surface area (Å²) in [4.78, 5) is 11.9. The van der Waals surface area contributed by atoms with Crippen LogP contribution in [-0.4, -0.2) is 23.3 Å². The fraction of sp³-hybridized carbons (Fsp3) is 0.200. The van der Waals surface area contributed by atoms with Crippen molar-refractivity contribution in [3.05, 3.63) is 65.4 Å². The number of nitrogens with zero attached hydrogens (tertiary/aromatic N) is 2. The van der Waals surface area contributed by atoms with Gasteiger partial charge in [0.2, 0.25) is 0 Å². The van der Waals surface area contributed by atoms with Crippen molar-refractivity contribution in [1.82, 2.24) is 9.99 Å². The van der Waals surface area contributed by atoms with E-state index >= 15 is 0 Å². The number of fused-ring (bicyclic) bond motifs is 1. The second-order valence-corrected chi connectivity index (χ2v) is 6.06. The molecular weight excluding hydrogens is 314 g/mol. The number of amides is 1. The minimum absolute atomic E-state index is 0.0726. The first-order valence-electron chi connectivity index (χ1n) is 8.10. The van der Waals surface area contributed by atoms with Gasteiger partial charge in [0, 0.05) is 29.7 Å². The third kappa shape index (κ3) is 3.88. The molecule has 1 amide bonds. The van der Waals surface area contributed by atoms with Gasteiger partial charge < -0.3 is 9.30 Å². The van der Waals surface area contributed by atoms with E-state index in [1.54, 1.807) is 6.21 Å². The number of carbonyl (C=O) groups is 1. The van der Waals surface area contributed by atoms with Gasteiger partial charge >= 0.3 is 0 Å². The highest BCUT2D eigenvalue weighted by molar-refractivity contribution is 5.99. The summed E-state index contributed by atoms with van der Waals surface area (Å²) < 4.78 is 7.57. The van der Waals surface area contributed by atoms with Crippen LogP contribution in [0, 0.1) is 13.8 Å². The number of hydrogen-bond acceptors (Lipinski definition) is 3. The zero-order valence-corrected chi connectivity index (χ0v) is 14.6. The van der Waals surface area contributed by atoms with Crippen molar-refractivity contribution in [1.29, 1.82) is 0 Å². The molecule has 25 heavy (non-hydrogen) atoms. The minimum atomic E-state index is -0.295. The van der Waals surface area contributed by atoms with Crippen molar-refractivity contribution < 1.29 is 9.53 Å². The normalized spacial score (nSPS) is 11.2. The Morgan fingerprint density at radius 1 is 1.24 bits per heavy atom. The van der Waals surface area contributed by atoms with Gasteiger partial charge in [-0.3, -0.25) is 4.79 Å². The number of carbonyl (C=O) groups excluding carboxylic acids is 1. The first-order chi connectivity index (χ1) is 12.0. The highest BCUT2D eigenvalue weighted by Crippen LogP contribution is 2.19. The Morgan fingerprint density at radius 3 is 2.84 bits per heavy atom. The van der Waals surface area contributed by atoms with Crippen LogP contribution in [0.15, 0.2) is 53.8 Å². The molecule has 0 unspecified atom stereocenters. The predicted octanol–water partition coefficient (Wildman–Crippen LogP) is 3.32. The summed E-state index contributed by atoms with van der Waals surface area (Å²) in [6.45, 7) is 3.90. The average molecular weight is 335 g/mol. The quantitative estimate of drug-likeness (QED) is 0.574. The van der Waals surface area contributed by atoms with Crippen molar-refractivity contribution in [2.45, 2.75) is 13.8 Å². The molecule has 2 aromatic carbocycles. The van der Waals surface area contributed by atoms with E-state index in [9.17, 15) is 4.79 Å². The van der Waals surface area contributed by atoms with E-state index < -0.39 is 0 Å². The van der Waals surface area contributed by atoms with Gasteiger partial charge in [-0.25, -0.2) is 5.43 Å². The topological polar surface area (TPSA) is 55.6 Å². The molecule has 1 N–H and O–H groups in total. The number of aromatic nitrogens is 1. The van der Waals surface area contributed by atoms with E-state index in [0.717, 1.165) is 27.6 Å². The third-order valence-corrected chi connectivity index (χ3v) is 4.01. The molecule has 0 radical (unpaired) electrons. The standard InChI is InChI=1S/C20H21N3O2/c1-14-8-9-19(15(2)10-14)25-13-20(24)22-21-11-16-12-23(3)18-7-5-4-6-17(16)18/h4-12H,13H2,1-3H3,(H,22,24)/b21-11+. The second kappa shape index (κ2) is 7.21. The Morgan fingerprint density at radius 2 is 2.04 bits per heavy atom. The fourth-order valence-electron chi connectivity index (χ4n) is 2.79. The molecule has 3 rings (SSSR count). The van der Waals surface area contributed by atoms with Gasteiger partial charge in [0.25, 0.3) is 5.91 Å². The second-order valence-electron chi connectivity index (χ2n) is 6.06. The van der Waals surface area contributed by atoms with Gasteiger partial charge in [-0.05, 0) is 31.5 Å². The van der Waals surface area contributed by atoms with Gasteiger partial charge in [-0.15, -0.1) is 0 Å².